The van der Waals surface area contributed by atoms with Crippen molar-refractivity contribution in [2.24, 2.45) is 11.7 Å². The number of hydrogen-bond acceptors (Lipinski definition) is 5. The third-order valence-electron chi connectivity index (χ3n) is 4.31. The first kappa shape index (κ1) is 14.5. The predicted molar refractivity (Wildman–Crippen MR) is 84.0 cm³/mol. The molecule has 1 aromatic heterocycles. The van der Waals surface area contributed by atoms with Gasteiger partial charge in [0.15, 0.2) is 0 Å². The fraction of sp³-hybridized carbons (Fsp3) is 0.235. The number of benzene rings is 1. The van der Waals surface area contributed by atoms with Crippen LogP contribution in [0.1, 0.15) is 22.0 Å². The smallest absolute Gasteiger partial charge is 0.269 e. The van der Waals surface area contributed by atoms with E-state index in [0.29, 0.717) is 11.5 Å². The van der Waals surface area contributed by atoms with Crippen molar-refractivity contribution < 1.29 is 19.1 Å². The molecule has 1 aromatic carbocycles. The van der Waals surface area contributed by atoms with Crippen LogP contribution in [-0.2, 0) is 4.79 Å². The number of nitrogens with two attached hydrogens (primary N) is 1. The van der Waals surface area contributed by atoms with E-state index < -0.39 is 0 Å². The Balaban J connectivity index is 1.57. The number of primary amides is 1. The summed E-state index contributed by atoms with van der Waals surface area (Å²) in [5.74, 6) is 0.992. The Bertz CT molecular complexity index is 851. The van der Waals surface area contributed by atoms with Gasteiger partial charge in [-0.1, -0.05) is 0 Å². The quantitative estimate of drug-likeness (QED) is 0.879. The summed E-state index contributed by atoms with van der Waals surface area (Å²) in [5, 5.41) is 2.52. The molecule has 7 nitrogen and oxygen atoms in total. The van der Waals surface area contributed by atoms with Crippen molar-refractivity contribution in [3.05, 3.63) is 47.8 Å². The number of fused-ring (bicyclic) bond motifs is 3. The Morgan fingerprint density at radius 3 is 2.79 bits per heavy atom. The molecule has 1 aliphatic heterocycles. The third kappa shape index (κ3) is 2.25. The van der Waals surface area contributed by atoms with Gasteiger partial charge in [-0.3, -0.25) is 14.6 Å². The van der Waals surface area contributed by atoms with E-state index in [1.807, 2.05) is 12.1 Å². The maximum Gasteiger partial charge on any atom is 0.269 e. The Morgan fingerprint density at radius 1 is 1.25 bits per heavy atom. The second-order valence-corrected chi connectivity index (χ2v) is 5.79. The van der Waals surface area contributed by atoms with Gasteiger partial charge in [-0.2, -0.15) is 0 Å². The van der Waals surface area contributed by atoms with E-state index >= 15 is 0 Å². The van der Waals surface area contributed by atoms with E-state index in [0.717, 1.165) is 11.3 Å². The molecule has 0 saturated heterocycles. The Labute approximate surface area is 137 Å². The van der Waals surface area contributed by atoms with Crippen LogP contribution >= 0.6 is 0 Å². The Hall–Kier alpha value is -3.09. The number of pyridine rings is 1. The number of carbonyl (C=O) groups is 2. The molecule has 2 amide bonds. The number of aromatic nitrogens is 1. The van der Waals surface area contributed by atoms with Gasteiger partial charge in [0, 0.05) is 30.8 Å². The number of rotatable bonds is 4. The first-order valence-corrected chi connectivity index (χ1v) is 7.54. The lowest BCUT2D eigenvalue weighted by molar-refractivity contribution is -0.119. The Kier molecular flexibility index (Phi) is 3.16. The van der Waals surface area contributed by atoms with Crippen LogP contribution < -0.4 is 20.5 Å². The standard InChI is InChI=1S/C17H15N3O4/c1-19-17(22)11-7-9(4-5-20-11)23-8-2-3-12-10(6-8)13-14(16(18)21)15(13)24-12/h2-7,13-15H,1H3,(H2,18,21)(H,19,22)/t13-,14-,15-/m0/s1. The van der Waals surface area contributed by atoms with Crippen LogP contribution in [0.2, 0.25) is 0 Å². The van der Waals surface area contributed by atoms with Crippen molar-refractivity contribution in [1.29, 1.82) is 0 Å². The van der Waals surface area contributed by atoms with Crippen LogP contribution in [0.4, 0.5) is 0 Å². The summed E-state index contributed by atoms with van der Waals surface area (Å²) in [6.45, 7) is 0. The predicted octanol–water partition coefficient (Wildman–Crippen LogP) is 1.19. The monoisotopic (exact) mass is 325 g/mol. The van der Waals surface area contributed by atoms with Crippen LogP contribution in [0, 0.1) is 5.92 Å². The highest BCUT2D eigenvalue weighted by Crippen LogP contribution is 2.58. The molecule has 0 radical (unpaired) electrons. The molecule has 2 aromatic rings. The van der Waals surface area contributed by atoms with Crippen molar-refractivity contribution in [3.8, 4) is 17.2 Å². The molecule has 1 saturated carbocycles. The van der Waals surface area contributed by atoms with Crippen LogP contribution in [0.25, 0.3) is 0 Å². The lowest BCUT2D eigenvalue weighted by Crippen LogP contribution is -2.19. The van der Waals surface area contributed by atoms with Crippen LogP contribution in [0.3, 0.4) is 0 Å². The second-order valence-electron chi connectivity index (χ2n) is 5.79. The molecule has 7 heteroatoms. The van der Waals surface area contributed by atoms with Crippen molar-refractivity contribution in [3.63, 3.8) is 0 Å². The van der Waals surface area contributed by atoms with Gasteiger partial charge in [-0.25, -0.2) is 0 Å². The number of carbonyl (C=O) groups excluding carboxylic acids is 2. The minimum Gasteiger partial charge on any atom is -0.489 e. The lowest BCUT2D eigenvalue weighted by atomic mass is 10.1. The van der Waals surface area contributed by atoms with Gasteiger partial charge in [0.2, 0.25) is 5.91 Å². The summed E-state index contributed by atoms with van der Waals surface area (Å²) < 4.78 is 11.5. The average Bonchev–Trinajstić information content (AvgIpc) is 3.19. The summed E-state index contributed by atoms with van der Waals surface area (Å²) in [6.07, 6.45) is 1.37. The molecule has 0 spiro atoms. The van der Waals surface area contributed by atoms with E-state index in [1.165, 1.54) is 6.20 Å². The van der Waals surface area contributed by atoms with Crippen molar-refractivity contribution in [1.82, 2.24) is 10.3 Å². The van der Waals surface area contributed by atoms with Crippen LogP contribution in [-0.4, -0.2) is 29.9 Å². The third-order valence-corrected chi connectivity index (χ3v) is 4.31. The molecule has 3 N–H and O–H groups in total. The van der Waals surface area contributed by atoms with E-state index in [2.05, 4.69) is 10.3 Å². The highest BCUT2D eigenvalue weighted by Gasteiger charge is 2.62. The highest BCUT2D eigenvalue weighted by atomic mass is 16.5. The SMILES string of the molecule is CNC(=O)c1cc(Oc2ccc3c(c2)[C@@H]2[C@H](O3)[C@H]2C(N)=O)ccn1. The lowest BCUT2D eigenvalue weighted by Gasteiger charge is -2.10. The molecule has 2 aliphatic rings. The van der Waals surface area contributed by atoms with Crippen molar-refractivity contribution in [2.75, 3.05) is 7.05 Å². The van der Waals surface area contributed by atoms with E-state index in [4.69, 9.17) is 15.2 Å². The van der Waals surface area contributed by atoms with Gasteiger partial charge < -0.3 is 20.5 Å². The average molecular weight is 325 g/mol. The van der Waals surface area contributed by atoms with Crippen LogP contribution in [0.5, 0.6) is 17.2 Å². The normalized spacial score (nSPS) is 22.8. The number of amides is 2. The fourth-order valence-electron chi connectivity index (χ4n) is 3.11. The Morgan fingerprint density at radius 2 is 2.04 bits per heavy atom. The summed E-state index contributed by atoms with van der Waals surface area (Å²) >= 11 is 0. The molecule has 1 fully saturated rings. The maximum atomic E-state index is 11.6. The first-order valence-electron chi connectivity index (χ1n) is 7.54. The number of hydrogen-bond donors (Lipinski definition) is 2. The molecular formula is C17H15N3O4. The van der Waals surface area contributed by atoms with Gasteiger partial charge in [0.25, 0.3) is 5.91 Å². The molecular weight excluding hydrogens is 310 g/mol. The van der Waals surface area contributed by atoms with Gasteiger partial charge >= 0.3 is 0 Å². The zero-order chi connectivity index (χ0) is 16.8. The summed E-state index contributed by atoms with van der Waals surface area (Å²) in [4.78, 5) is 27.0. The second kappa shape index (κ2) is 5.23. The van der Waals surface area contributed by atoms with E-state index in [-0.39, 0.29) is 35.4 Å². The largest absolute Gasteiger partial charge is 0.489 e. The van der Waals surface area contributed by atoms with Gasteiger partial charge in [-0.15, -0.1) is 0 Å². The van der Waals surface area contributed by atoms with Crippen LogP contribution in [0.15, 0.2) is 36.5 Å². The van der Waals surface area contributed by atoms with Crippen molar-refractivity contribution in [2.45, 2.75) is 12.0 Å². The summed E-state index contributed by atoms with van der Waals surface area (Å²) in [7, 11) is 1.54. The fourth-order valence-corrected chi connectivity index (χ4v) is 3.11. The molecule has 4 rings (SSSR count). The molecule has 122 valence electrons. The van der Waals surface area contributed by atoms with Gasteiger partial charge in [-0.05, 0) is 24.3 Å². The topological polar surface area (TPSA) is 104 Å². The van der Waals surface area contributed by atoms with E-state index in [9.17, 15) is 9.59 Å². The van der Waals surface area contributed by atoms with Gasteiger partial charge in [0.1, 0.15) is 29.0 Å². The molecule has 0 unspecified atom stereocenters. The summed E-state index contributed by atoms with van der Waals surface area (Å²) in [5.41, 5.74) is 6.58. The molecule has 3 atom stereocenters. The molecule has 2 heterocycles. The number of nitrogens with one attached hydrogen (secondary N) is 1. The minimum atomic E-state index is -0.341. The first-order chi connectivity index (χ1) is 11.6. The van der Waals surface area contributed by atoms with E-state index in [1.54, 1.807) is 25.2 Å². The van der Waals surface area contributed by atoms with Crippen molar-refractivity contribution >= 4 is 11.8 Å². The number of ether oxygens (including phenoxy) is 2. The molecule has 1 aliphatic carbocycles. The summed E-state index contributed by atoms with van der Waals surface area (Å²) in [6, 6.07) is 8.68. The number of nitrogens with zero attached hydrogens (tertiary/aromatic N) is 1. The minimum absolute atomic E-state index is 0.0138. The maximum absolute atomic E-state index is 11.6. The molecule has 24 heavy (non-hydrogen) atoms. The molecule has 0 bridgehead atoms. The highest BCUT2D eigenvalue weighted by molar-refractivity contribution is 5.92. The van der Waals surface area contributed by atoms with Gasteiger partial charge in [0.05, 0.1) is 5.92 Å². The zero-order valence-electron chi connectivity index (χ0n) is 12.9. The zero-order valence-corrected chi connectivity index (χ0v) is 12.9.